The van der Waals surface area contributed by atoms with E-state index in [0.717, 1.165) is 0 Å². The molecule has 0 aliphatic carbocycles. The van der Waals surface area contributed by atoms with Crippen LogP contribution in [0.5, 0.6) is 0 Å². The number of nitrogen functional groups attached to an aromatic ring is 1. The molecule has 3 rings (SSSR count). The summed E-state index contributed by atoms with van der Waals surface area (Å²) < 4.78 is 53.5. The third kappa shape index (κ3) is 5.96. The zero-order chi connectivity index (χ0) is 24.8. The zero-order valence-electron chi connectivity index (χ0n) is 16.5. The fourth-order valence-corrected chi connectivity index (χ4v) is 6.22. The number of terminal acetylenes is 1. The standard InChI is InChI=1S/C13H18N5O12P3/c1-3-7-4-8(18-6-15-9-10(18)16-12(14)17-11(9)19)28-13(7,2)5-27-32(23,24)30-33(25,26)29-31(20,21)22/h1,6-8H,4-5H2,2H3,(H,23,24)(H,25,26)(H2,20,21,22)(H3,14,16,17,19). The van der Waals surface area contributed by atoms with Crippen LogP contribution in [0.4, 0.5) is 5.95 Å². The zero-order valence-corrected chi connectivity index (χ0v) is 19.2. The van der Waals surface area contributed by atoms with E-state index in [2.05, 4.69) is 34.0 Å². The van der Waals surface area contributed by atoms with Crippen LogP contribution in [0.3, 0.4) is 0 Å². The number of phosphoric acid groups is 3. The van der Waals surface area contributed by atoms with Crippen LogP contribution >= 0.6 is 23.5 Å². The molecule has 0 spiro atoms. The molecule has 7 N–H and O–H groups in total. The summed E-state index contributed by atoms with van der Waals surface area (Å²) >= 11 is 0. The molecule has 5 atom stereocenters. The van der Waals surface area contributed by atoms with Crippen molar-refractivity contribution in [3.8, 4) is 12.3 Å². The van der Waals surface area contributed by atoms with E-state index in [4.69, 9.17) is 26.7 Å². The van der Waals surface area contributed by atoms with Gasteiger partial charge in [-0.3, -0.25) is 18.9 Å². The van der Waals surface area contributed by atoms with E-state index in [9.17, 15) is 28.3 Å². The number of imidazole rings is 1. The van der Waals surface area contributed by atoms with Gasteiger partial charge < -0.3 is 30.0 Å². The van der Waals surface area contributed by atoms with Gasteiger partial charge in [0.2, 0.25) is 5.95 Å². The maximum atomic E-state index is 12.0. The molecule has 3 heterocycles. The van der Waals surface area contributed by atoms with Crippen molar-refractivity contribution in [2.24, 2.45) is 5.92 Å². The van der Waals surface area contributed by atoms with Gasteiger partial charge >= 0.3 is 23.5 Å². The van der Waals surface area contributed by atoms with Gasteiger partial charge in [0.1, 0.15) is 11.8 Å². The van der Waals surface area contributed by atoms with E-state index < -0.39 is 53.4 Å². The van der Waals surface area contributed by atoms with Crippen molar-refractivity contribution < 1.29 is 51.2 Å². The number of aromatic amines is 1. The molecule has 2 aromatic heterocycles. The van der Waals surface area contributed by atoms with E-state index in [1.165, 1.54) is 17.8 Å². The molecular formula is C13H18N5O12P3. The number of anilines is 1. The van der Waals surface area contributed by atoms with Crippen LogP contribution in [-0.2, 0) is 31.6 Å². The summed E-state index contributed by atoms with van der Waals surface area (Å²) in [7, 11) is -16.6. The average molecular weight is 529 g/mol. The van der Waals surface area contributed by atoms with Gasteiger partial charge in [0.05, 0.1) is 18.9 Å². The van der Waals surface area contributed by atoms with Crippen molar-refractivity contribution in [1.29, 1.82) is 0 Å². The molecule has 17 nitrogen and oxygen atoms in total. The summed E-state index contributed by atoms with van der Waals surface area (Å²) in [6.07, 6.45) is 6.06. The molecule has 20 heteroatoms. The summed E-state index contributed by atoms with van der Waals surface area (Å²) in [4.78, 5) is 58.3. The van der Waals surface area contributed by atoms with Crippen LogP contribution in [0.25, 0.3) is 11.2 Å². The molecule has 0 aromatic carbocycles. The summed E-state index contributed by atoms with van der Waals surface area (Å²) in [5.41, 5.74) is 3.59. The highest BCUT2D eigenvalue weighted by Gasteiger charge is 2.48. The SMILES string of the molecule is C#CC1CC(n2cnc3c(=O)[nH]c(N)nc32)OC1(C)COP(=O)(O)OP(=O)(O)OP(=O)(O)O. The minimum atomic E-state index is -5.68. The second-order valence-electron chi connectivity index (χ2n) is 6.98. The summed E-state index contributed by atoms with van der Waals surface area (Å²) in [5, 5.41) is 0. The van der Waals surface area contributed by atoms with Crippen molar-refractivity contribution in [2.45, 2.75) is 25.2 Å². The predicted molar refractivity (Wildman–Crippen MR) is 108 cm³/mol. The van der Waals surface area contributed by atoms with Crippen LogP contribution in [-0.4, -0.2) is 51.3 Å². The van der Waals surface area contributed by atoms with Crippen LogP contribution < -0.4 is 11.3 Å². The largest absolute Gasteiger partial charge is 0.490 e. The lowest BCUT2D eigenvalue weighted by atomic mass is 9.90. The second kappa shape index (κ2) is 8.70. The lowest BCUT2D eigenvalue weighted by Gasteiger charge is -2.28. The number of fused-ring (bicyclic) bond motifs is 1. The quantitative estimate of drug-likeness (QED) is 0.194. The Morgan fingerprint density at radius 2 is 2.00 bits per heavy atom. The number of ether oxygens (including phenoxy) is 1. The van der Waals surface area contributed by atoms with Crippen molar-refractivity contribution >= 4 is 40.6 Å². The predicted octanol–water partition coefficient (Wildman–Crippen LogP) is -0.0279. The van der Waals surface area contributed by atoms with Crippen LogP contribution in [0.15, 0.2) is 11.1 Å². The van der Waals surface area contributed by atoms with Crippen LogP contribution in [0.2, 0.25) is 0 Å². The minimum Gasteiger partial charge on any atom is -0.369 e. The van der Waals surface area contributed by atoms with Crippen molar-refractivity contribution in [1.82, 2.24) is 19.5 Å². The molecule has 33 heavy (non-hydrogen) atoms. The first-order valence-corrected chi connectivity index (χ1v) is 13.2. The van der Waals surface area contributed by atoms with Gasteiger partial charge in [-0.15, -0.1) is 12.3 Å². The van der Waals surface area contributed by atoms with Crippen molar-refractivity contribution in [2.75, 3.05) is 12.3 Å². The molecule has 0 bridgehead atoms. The monoisotopic (exact) mass is 529 g/mol. The number of hydrogen-bond acceptors (Lipinski definition) is 11. The number of nitrogens with zero attached hydrogens (tertiary/aromatic N) is 3. The fourth-order valence-electron chi connectivity index (χ4n) is 3.11. The average Bonchev–Trinajstić information content (AvgIpc) is 3.18. The molecule has 1 saturated heterocycles. The Hall–Kier alpha value is -1.92. The van der Waals surface area contributed by atoms with E-state index in [1.807, 2.05) is 0 Å². The lowest BCUT2D eigenvalue weighted by Crippen LogP contribution is -2.36. The van der Waals surface area contributed by atoms with Gasteiger partial charge in [-0.25, -0.2) is 18.7 Å². The third-order valence-electron chi connectivity index (χ3n) is 4.47. The highest BCUT2D eigenvalue weighted by molar-refractivity contribution is 7.66. The lowest BCUT2D eigenvalue weighted by molar-refractivity contribution is -0.0911. The van der Waals surface area contributed by atoms with Crippen LogP contribution in [0.1, 0.15) is 19.6 Å². The first-order chi connectivity index (χ1) is 15.0. The topological polar surface area (TPSA) is 259 Å². The third-order valence-corrected chi connectivity index (χ3v) is 8.25. The molecular weight excluding hydrogens is 511 g/mol. The molecule has 5 unspecified atom stereocenters. The summed E-state index contributed by atoms with van der Waals surface area (Å²) in [6.45, 7) is 0.654. The van der Waals surface area contributed by atoms with E-state index in [0.29, 0.717) is 0 Å². The molecule has 1 aliphatic rings. The number of hydrogen-bond donors (Lipinski definition) is 6. The smallest absolute Gasteiger partial charge is 0.369 e. The van der Waals surface area contributed by atoms with Gasteiger partial charge in [0.15, 0.2) is 11.2 Å². The molecule has 1 fully saturated rings. The van der Waals surface area contributed by atoms with E-state index >= 15 is 0 Å². The Kier molecular flexibility index (Phi) is 6.77. The Morgan fingerprint density at radius 1 is 1.33 bits per heavy atom. The Morgan fingerprint density at radius 3 is 2.61 bits per heavy atom. The Labute approximate surface area is 184 Å². The van der Waals surface area contributed by atoms with Gasteiger partial charge in [0.25, 0.3) is 5.56 Å². The van der Waals surface area contributed by atoms with Gasteiger partial charge in [-0.1, -0.05) is 0 Å². The highest BCUT2D eigenvalue weighted by atomic mass is 31.3. The van der Waals surface area contributed by atoms with Gasteiger partial charge in [-0.05, 0) is 6.92 Å². The maximum absolute atomic E-state index is 12.0. The highest BCUT2D eigenvalue weighted by Crippen LogP contribution is 2.66. The van der Waals surface area contributed by atoms with E-state index in [-0.39, 0.29) is 23.5 Å². The van der Waals surface area contributed by atoms with Crippen molar-refractivity contribution in [3.63, 3.8) is 0 Å². The van der Waals surface area contributed by atoms with Crippen LogP contribution in [0, 0.1) is 18.3 Å². The first kappa shape index (κ1) is 25.7. The van der Waals surface area contributed by atoms with Crippen molar-refractivity contribution in [3.05, 3.63) is 16.7 Å². The number of rotatable bonds is 8. The Bertz CT molecular complexity index is 1310. The minimum absolute atomic E-state index is 0.0214. The maximum Gasteiger partial charge on any atom is 0.490 e. The molecule has 182 valence electrons. The second-order valence-corrected chi connectivity index (χ2v) is 11.4. The molecule has 1 aliphatic heterocycles. The number of nitrogens with two attached hydrogens (primary N) is 1. The molecule has 2 aromatic rings. The summed E-state index contributed by atoms with van der Waals surface area (Å²) in [5.74, 6) is 1.52. The van der Waals surface area contributed by atoms with E-state index in [1.54, 1.807) is 0 Å². The molecule has 0 radical (unpaired) electrons. The molecule has 0 amide bonds. The fraction of sp³-hybridized carbons (Fsp3) is 0.462. The Balaban J connectivity index is 1.78. The normalized spacial score (nSPS) is 27.2. The number of H-pyrrole nitrogens is 1. The number of nitrogens with one attached hydrogen (secondary N) is 1. The number of aromatic nitrogens is 4. The van der Waals surface area contributed by atoms with Gasteiger partial charge in [-0.2, -0.15) is 13.6 Å². The summed E-state index contributed by atoms with van der Waals surface area (Å²) in [6, 6.07) is 0. The number of phosphoric ester groups is 1. The van der Waals surface area contributed by atoms with Gasteiger partial charge in [0, 0.05) is 6.42 Å². The first-order valence-electron chi connectivity index (χ1n) is 8.69. The molecule has 0 saturated carbocycles.